The zero-order chi connectivity index (χ0) is 17.1. The summed E-state index contributed by atoms with van der Waals surface area (Å²) in [5.74, 6) is -0.542. The van der Waals surface area contributed by atoms with Gasteiger partial charge in [0.2, 0.25) is 5.91 Å². The average molecular weight is 345 g/mol. The molecule has 0 aliphatic carbocycles. The van der Waals surface area contributed by atoms with Gasteiger partial charge < -0.3 is 9.73 Å². The number of oxazole rings is 1. The summed E-state index contributed by atoms with van der Waals surface area (Å²) in [4.78, 5) is 23.9. The first-order valence-electron chi connectivity index (χ1n) is 7.69. The van der Waals surface area contributed by atoms with E-state index in [1.165, 1.54) is 0 Å². The van der Waals surface area contributed by atoms with E-state index in [1.54, 1.807) is 22.8 Å². The van der Waals surface area contributed by atoms with Crippen LogP contribution in [0.5, 0.6) is 0 Å². The molecule has 0 aliphatic rings. The molecule has 5 nitrogen and oxygen atoms in total. The van der Waals surface area contributed by atoms with Gasteiger partial charge in [-0.3, -0.25) is 9.36 Å². The SMILES string of the molecule is Cc1ccc(NC(=O)CCCn2c(=O)oc3ccccc32)c(Cl)c1. The highest BCUT2D eigenvalue weighted by molar-refractivity contribution is 6.33. The van der Waals surface area contributed by atoms with Gasteiger partial charge in [0.15, 0.2) is 5.58 Å². The lowest BCUT2D eigenvalue weighted by molar-refractivity contribution is -0.116. The van der Waals surface area contributed by atoms with Crippen molar-refractivity contribution in [2.45, 2.75) is 26.3 Å². The van der Waals surface area contributed by atoms with Crippen LogP contribution in [0.3, 0.4) is 0 Å². The van der Waals surface area contributed by atoms with E-state index in [9.17, 15) is 9.59 Å². The number of fused-ring (bicyclic) bond motifs is 1. The normalized spacial score (nSPS) is 10.9. The van der Waals surface area contributed by atoms with Crippen molar-refractivity contribution < 1.29 is 9.21 Å². The summed E-state index contributed by atoms with van der Waals surface area (Å²) in [7, 11) is 0. The number of para-hydroxylation sites is 2. The minimum absolute atomic E-state index is 0.137. The molecule has 6 heteroatoms. The van der Waals surface area contributed by atoms with E-state index in [2.05, 4.69) is 5.32 Å². The minimum atomic E-state index is -0.404. The topological polar surface area (TPSA) is 64.2 Å². The van der Waals surface area contributed by atoms with Gasteiger partial charge in [-0.15, -0.1) is 0 Å². The van der Waals surface area contributed by atoms with Crippen molar-refractivity contribution in [3.05, 3.63) is 63.6 Å². The van der Waals surface area contributed by atoms with E-state index in [-0.39, 0.29) is 12.3 Å². The predicted molar refractivity (Wildman–Crippen MR) is 94.5 cm³/mol. The predicted octanol–water partition coefficient (Wildman–Crippen LogP) is 3.98. The number of anilines is 1. The Hall–Kier alpha value is -2.53. The van der Waals surface area contributed by atoms with Crippen LogP contribution in [-0.2, 0) is 11.3 Å². The third-order valence-electron chi connectivity index (χ3n) is 3.76. The van der Waals surface area contributed by atoms with Crippen LogP contribution in [0, 0.1) is 6.92 Å². The third-order valence-corrected chi connectivity index (χ3v) is 4.07. The second-order valence-corrected chi connectivity index (χ2v) is 6.03. The molecular weight excluding hydrogens is 328 g/mol. The fourth-order valence-corrected chi connectivity index (χ4v) is 2.84. The molecule has 0 bridgehead atoms. The third kappa shape index (κ3) is 3.51. The molecule has 1 N–H and O–H groups in total. The quantitative estimate of drug-likeness (QED) is 0.761. The van der Waals surface area contributed by atoms with Crippen LogP contribution in [0.4, 0.5) is 5.69 Å². The van der Waals surface area contributed by atoms with Gasteiger partial charge in [0.05, 0.1) is 16.2 Å². The van der Waals surface area contributed by atoms with Crippen LogP contribution in [0.2, 0.25) is 5.02 Å². The number of hydrogen-bond donors (Lipinski definition) is 1. The summed E-state index contributed by atoms with van der Waals surface area (Å²) in [5, 5.41) is 3.30. The second-order valence-electron chi connectivity index (χ2n) is 5.62. The van der Waals surface area contributed by atoms with Gasteiger partial charge in [-0.1, -0.05) is 29.8 Å². The van der Waals surface area contributed by atoms with Crippen molar-refractivity contribution in [3.63, 3.8) is 0 Å². The maximum atomic E-state index is 12.0. The number of rotatable bonds is 5. The Morgan fingerprint density at radius 1 is 1.25 bits per heavy atom. The van der Waals surface area contributed by atoms with Crippen LogP contribution in [-0.4, -0.2) is 10.5 Å². The first-order valence-corrected chi connectivity index (χ1v) is 8.07. The fraction of sp³-hybridized carbons (Fsp3) is 0.222. The molecule has 1 amide bonds. The minimum Gasteiger partial charge on any atom is -0.408 e. The molecule has 3 aromatic rings. The molecule has 3 rings (SSSR count). The summed E-state index contributed by atoms with van der Waals surface area (Å²) in [6.07, 6.45) is 0.814. The Kier molecular flexibility index (Phi) is 4.71. The highest BCUT2D eigenvalue weighted by Crippen LogP contribution is 2.23. The standard InChI is InChI=1S/C18H17ClN2O3/c1-12-8-9-14(13(19)11-12)20-17(22)7-4-10-21-15-5-2-3-6-16(15)24-18(21)23/h2-3,5-6,8-9,11H,4,7,10H2,1H3,(H,20,22). The van der Waals surface area contributed by atoms with E-state index < -0.39 is 5.76 Å². The molecule has 0 spiro atoms. The number of carbonyl (C=O) groups excluding carboxylic acids is 1. The lowest BCUT2D eigenvalue weighted by Gasteiger charge is -2.08. The average Bonchev–Trinajstić information content (AvgIpc) is 2.86. The van der Waals surface area contributed by atoms with E-state index in [0.29, 0.717) is 29.3 Å². The Bertz CT molecular complexity index is 943. The first-order chi connectivity index (χ1) is 11.5. The molecule has 0 fully saturated rings. The number of carbonyl (C=O) groups is 1. The molecule has 0 radical (unpaired) electrons. The van der Waals surface area contributed by atoms with Crippen molar-refractivity contribution in [1.82, 2.24) is 4.57 Å². The van der Waals surface area contributed by atoms with Crippen LogP contribution in [0.25, 0.3) is 11.1 Å². The number of nitrogens with one attached hydrogen (secondary N) is 1. The Balaban J connectivity index is 1.60. The maximum absolute atomic E-state index is 12.0. The summed E-state index contributed by atoms with van der Waals surface area (Å²) in [6.45, 7) is 2.36. The second kappa shape index (κ2) is 6.93. The van der Waals surface area contributed by atoms with Gasteiger partial charge in [0, 0.05) is 13.0 Å². The van der Waals surface area contributed by atoms with Crippen LogP contribution in [0.15, 0.2) is 51.7 Å². The number of hydrogen-bond acceptors (Lipinski definition) is 3. The van der Waals surface area contributed by atoms with Gasteiger partial charge in [0.25, 0.3) is 0 Å². The van der Waals surface area contributed by atoms with Gasteiger partial charge in [-0.2, -0.15) is 0 Å². The molecule has 1 aromatic heterocycles. The molecule has 124 valence electrons. The summed E-state index contributed by atoms with van der Waals surface area (Å²) >= 11 is 6.10. The van der Waals surface area contributed by atoms with Gasteiger partial charge in [0.1, 0.15) is 0 Å². The largest absolute Gasteiger partial charge is 0.419 e. The molecule has 0 aliphatic heterocycles. The smallest absolute Gasteiger partial charge is 0.408 e. The number of aryl methyl sites for hydroxylation is 2. The zero-order valence-electron chi connectivity index (χ0n) is 13.2. The lowest BCUT2D eigenvalue weighted by atomic mass is 10.2. The van der Waals surface area contributed by atoms with Crippen molar-refractivity contribution in [1.29, 1.82) is 0 Å². The van der Waals surface area contributed by atoms with Crippen LogP contribution < -0.4 is 11.1 Å². The van der Waals surface area contributed by atoms with Crippen molar-refractivity contribution in [3.8, 4) is 0 Å². The summed E-state index contributed by atoms with van der Waals surface area (Å²) < 4.78 is 6.71. The highest BCUT2D eigenvalue weighted by atomic mass is 35.5. The summed E-state index contributed by atoms with van der Waals surface area (Å²) in [5.41, 5.74) is 2.92. The molecule has 2 aromatic carbocycles. The van der Waals surface area contributed by atoms with E-state index in [0.717, 1.165) is 11.1 Å². The van der Waals surface area contributed by atoms with Gasteiger partial charge in [-0.05, 0) is 43.2 Å². The Morgan fingerprint density at radius 3 is 2.83 bits per heavy atom. The lowest BCUT2D eigenvalue weighted by Crippen LogP contribution is -2.17. The molecular formula is C18H17ClN2O3. The molecule has 0 saturated heterocycles. The molecule has 0 unspecified atom stereocenters. The van der Waals surface area contributed by atoms with Gasteiger partial charge in [-0.25, -0.2) is 4.79 Å². The first kappa shape index (κ1) is 16.3. The van der Waals surface area contributed by atoms with E-state index >= 15 is 0 Å². The maximum Gasteiger partial charge on any atom is 0.419 e. The van der Waals surface area contributed by atoms with E-state index in [1.807, 2.05) is 31.2 Å². The van der Waals surface area contributed by atoms with Crippen molar-refractivity contribution in [2.75, 3.05) is 5.32 Å². The molecule has 0 atom stereocenters. The summed E-state index contributed by atoms with van der Waals surface area (Å²) in [6, 6.07) is 12.7. The fourth-order valence-electron chi connectivity index (χ4n) is 2.56. The van der Waals surface area contributed by atoms with Crippen LogP contribution in [0.1, 0.15) is 18.4 Å². The number of halogens is 1. The highest BCUT2D eigenvalue weighted by Gasteiger charge is 2.10. The Labute approximate surface area is 143 Å². The molecule has 1 heterocycles. The van der Waals surface area contributed by atoms with E-state index in [4.69, 9.17) is 16.0 Å². The number of amides is 1. The Morgan fingerprint density at radius 2 is 2.04 bits per heavy atom. The van der Waals surface area contributed by atoms with Gasteiger partial charge >= 0.3 is 5.76 Å². The number of nitrogens with zero attached hydrogens (tertiary/aromatic N) is 1. The molecule has 0 saturated carbocycles. The number of aromatic nitrogens is 1. The van der Waals surface area contributed by atoms with Crippen molar-refractivity contribution >= 4 is 34.3 Å². The van der Waals surface area contributed by atoms with Crippen molar-refractivity contribution in [2.24, 2.45) is 0 Å². The monoisotopic (exact) mass is 344 g/mol. The van der Waals surface area contributed by atoms with Crippen LogP contribution >= 0.6 is 11.6 Å². The zero-order valence-corrected chi connectivity index (χ0v) is 14.0. The number of benzene rings is 2. The molecule has 24 heavy (non-hydrogen) atoms.